The summed E-state index contributed by atoms with van der Waals surface area (Å²) in [6.45, 7) is 0.216. The molecule has 8 nitrogen and oxygen atoms in total. The van der Waals surface area contributed by atoms with Gasteiger partial charge in [0.15, 0.2) is 0 Å². The Morgan fingerprint density at radius 2 is 1.71 bits per heavy atom. The fourth-order valence-corrected chi connectivity index (χ4v) is 4.33. The van der Waals surface area contributed by atoms with Crippen molar-refractivity contribution >= 4 is 22.8 Å². The van der Waals surface area contributed by atoms with E-state index in [1.165, 1.54) is 12.1 Å². The second-order valence-corrected chi connectivity index (χ2v) is 9.17. The van der Waals surface area contributed by atoms with Gasteiger partial charge in [-0.2, -0.15) is 13.2 Å². The fraction of sp³-hybridized carbons (Fsp3) is 0.133. The first kappa shape index (κ1) is 27.4. The number of carbonyl (C=O) groups is 2. The summed E-state index contributed by atoms with van der Waals surface area (Å²) in [6.07, 6.45) is -2.24. The topological polar surface area (TPSA) is 112 Å². The highest BCUT2D eigenvalue weighted by Gasteiger charge is 2.30. The average Bonchev–Trinajstić information content (AvgIpc) is 3.30. The molecule has 0 unspecified atom stereocenters. The van der Waals surface area contributed by atoms with Crippen molar-refractivity contribution in [2.45, 2.75) is 19.1 Å². The maximum atomic E-state index is 13.1. The summed E-state index contributed by atoms with van der Waals surface area (Å²) in [6, 6.07) is 21.7. The predicted octanol–water partition coefficient (Wildman–Crippen LogP) is 5.37. The molecule has 0 spiro atoms. The summed E-state index contributed by atoms with van der Waals surface area (Å²) in [5.41, 5.74) is 7.50. The Bertz CT molecular complexity index is 1720. The maximum absolute atomic E-state index is 13.1. The van der Waals surface area contributed by atoms with E-state index in [-0.39, 0.29) is 24.0 Å². The van der Waals surface area contributed by atoms with Crippen LogP contribution in [0.25, 0.3) is 22.4 Å². The Hall–Kier alpha value is -5.19. The van der Waals surface area contributed by atoms with Gasteiger partial charge in [-0.3, -0.25) is 14.6 Å². The van der Waals surface area contributed by atoms with Gasteiger partial charge in [0.25, 0.3) is 5.91 Å². The summed E-state index contributed by atoms with van der Waals surface area (Å²) in [5, 5.41) is 2.87. The highest BCUT2D eigenvalue weighted by molar-refractivity contribution is 5.98. The van der Waals surface area contributed by atoms with Crippen LogP contribution in [0.2, 0.25) is 0 Å². The number of benzene rings is 3. The molecule has 0 atom stereocenters. The Morgan fingerprint density at radius 3 is 2.44 bits per heavy atom. The van der Waals surface area contributed by atoms with Crippen molar-refractivity contribution in [3.05, 3.63) is 108 Å². The van der Waals surface area contributed by atoms with Gasteiger partial charge in [-0.05, 0) is 60.7 Å². The molecule has 11 heteroatoms. The highest BCUT2D eigenvalue weighted by Crippen LogP contribution is 2.34. The van der Waals surface area contributed by atoms with Crippen LogP contribution in [-0.2, 0) is 23.9 Å². The summed E-state index contributed by atoms with van der Waals surface area (Å²) < 4.78 is 46.7. The minimum atomic E-state index is -4.50. The number of alkyl halides is 3. The van der Waals surface area contributed by atoms with E-state index in [0.717, 1.165) is 17.8 Å². The van der Waals surface area contributed by atoms with Crippen molar-refractivity contribution in [2.24, 2.45) is 5.73 Å². The van der Waals surface area contributed by atoms with Gasteiger partial charge >= 0.3 is 6.18 Å². The number of imidazole rings is 1. The van der Waals surface area contributed by atoms with Crippen LogP contribution in [-0.4, -0.2) is 32.9 Å². The van der Waals surface area contributed by atoms with E-state index in [1.54, 1.807) is 53.2 Å². The lowest BCUT2D eigenvalue weighted by atomic mass is 10.2. The number of aromatic nitrogens is 3. The molecule has 208 valence electrons. The molecule has 5 rings (SSSR count). The van der Waals surface area contributed by atoms with Crippen LogP contribution in [0.3, 0.4) is 0 Å². The van der Waals surface area contributed by atoms with Crippen molar-refractivity contribution in [2.75, 3.05) is 6.54 Å². The van der Waals surface area contributed by atoms with Crippen molar-refractivity contribution in [1.82, 2.24) is 19.9 Å². The highest BCUT2D eigenvalue weighted by atomic mass is 19.4. The first-order valence-corrected chi connectivity index (χ1v) is 12.6. The van der Waals surface area contributed by atoms with Gasteiger partial charge in [-0.1, -0.05) is 24.3 Å². The van der Waals surface area contributed by atoms with Gasteiger partial charge in [0, 0.05) is 36.0 Å². The molecule has 0 saturated carbocycles. The molecular formula is C30H24F3N5O3. The minimum Gasteiger partial charge on any atom is -0.457 e. The van der Waals surface area contributed by atoms with Gasteiger partial charge in [-0.15, -0.1) is 0 Å². The predicted molar refractivity (Wildman–Crippen MR) is 146 cm³/mol. The van der Waals surface area contributed by atoms with Crippen molar-refractivity contribution in [1.29, 1.82) is 0 Å². The van der Waals surface area contributed by atoms with Gasteiger partial charge < -0.3 is 20.4 Å². The lowest BCUT2D eigenvalue weighted by molar-refractivity contribution is -0.137. The second-order valence-electron chi connectivity index (χ2n) is 9.17. The SMILES string of the molecule is NC(=O)Cn1c(-c2cccc(Oc3cccc(C(F)(F)F)c3)c2)nc2cc(C(=O)NCCc3ccccn3)ccc21. The van der Waals surface area contributed by atoms with Crippen molar-refractivity contribution in [3.8, 4) is 22.9 Å². The summed E-state index contributed by atoms with van der Waals surface area (Å²) in [5.74, 6) is -0.224. The molecule has 0 bridgehead atoms. The monoisotopic (exact) mass is 559 g/mol. The maximum Gasteiger partial charge on any atom is 0.416 e. The number of pyridine rings is 1. The summed E-state index contributed by atoms with van der Waals surface area (Å²) in [7, 11) is 0. The van der Waals surface area contributed by atoms with Crippen molar-refractivity contribution < 1.29 is 27.5 Å². The van der Waals surface area contributed by atoms with Crippen LogP contribution >= 0.6 is 0 Å². The molecule has 2 aromatic heterocycles. The average molecular weight is 560 g/mol. The molecule has 0 saturated heterocycles. The van der Waals surface area contributed by atoms with E-state index < -0.39 is 17.6 Å². The largest absolute Gasteiger partial charge is 0.457 e. The number of carbonyl (C=O) groups excluding carboxylic acids is 2. The number of primary amides is 1. The van der Waals surface area contributed by atoms with Gasteiger partial charge in [0.2, 0.25) is 5.91 Å². The van der Waals surface area contributed by atoms with Gasteiger partial charge in [0.1, 0.15) is 23.9 Å². The van der Waals surface area contributed by atoms with Crippen LogP contribution in [0.15, 0.2) is 91.1 Å². The van der Waals surface area contributed by atoms with Crippen LogP contribution in [0.4, 0.5) is 13.2 Å². The zero-order valence-electron chi connectivity index (χ0n) is 21.6. The Labute approximate surface area is 232 Å². The van der Waals surface area contributed by atoms with E-state index in [9.17, 15) is 22.8 Å². The smallest absolute Gasteiger partial charge is 0.416 e. The third kappa shape index (κ3) is 6.52. The van der Waals surface area contributed by atoms with E-state index in [4.69, 9.17) is 10.5 Å². The Kier molecular flexibility index (Phi) is 7.68. The van der Waals surface area contributed by atoms with E-state index in [2.05, 4.69) is 15.3 Å². The molecular weight excluding hydrogens is 535 g/mol. The van der Waals surface area contributed by atoms with Gasteiger partial charge in [-0.25, -0.2) is 4.98 Å². The first-order valence-electron chi connectivity index (χ1n) is 12.6. The quantitative estimate of drug-likeness (QED) is 0.252. The summed E-state index contributed by atoms with van der Waals surface area (Å²) in [4.78, 5) is 33.6. The van der Waals surface area contributed by atoms with Gasteiger partial charge in [0.05, 0.1) is 16.6 Å². The number of hydrogen-bond donors (Lipinski definition) is 2. The van der Waals surface area contributed by atoms with E-state index in [0.29, 0.717) is 41.0 Å². The lowest BCUT2D eigenvalue weighted by Gasteiger charge is -2.11. The number of nitrogens with one attached hydrogen (secondary N) is 1. The molecule has 41 heavy (non-hydrogen) atoms. The third-order valence-corrected chi connectivity index (χ3v) is 6.21. The van der Waals surface area contributed by atoms with Crippen molar-refractivity contribution in [3.63, 3.8) is 0 Å². The molecule has 2 heterocycles. The normalized spacial score (nSPS) is 11.4. The molecule has 3 aromatic carbocycles. The standard InChI is InChI=1S/C30H24F3N5O3/c31-30(32,33)21-6-4-9-24(17-21)41-23-8-3-5-19(15-23)28-37-25-16-20(10-11-26(25)38(28)18-27(34)39)29(40)36-14-12-22-7-1-2-13-35-22/h1-11,13,15-17H,12,14,18H2,(H2,34,39)(H,36,40). The number of halogens is 3. The van der Waals surface area contributed by atoms with Crippen LogP contribution in [0, 0.1) is 0 Å². The summed E-state index contributed by atoms with van der Waals surface area (Å²) >= 11 is 0. The number of nitrogens with two attached hydrogens (primary N) is 1. The number of nitrogens with zero attached hydrogens (tertiary/aromatic N) is 3. The van der Waals surface area contributed by atoms with Crippen LogP contribution < -0.4 is 15.8 Å². The van der Waals surface area contributed by atoms with E-state index in [1.807, 2.05) is 18.2 Å². The molecule has 0 fully saturated rings. The number of fused-ring (bicyclic) bond motifs is 1. The first-order chi connectivity index (χ1) is 19.7. The molecule has 3 N–H and O–H groups in total. The third-order valence-electron chi connectivity index (χ3n) is 6.21. The molecule has 5 aromatic rings. The van der Waals surface area contributed by atoms with Crippen LogP contribution in [0.5, 0.6) is 11.5 Å². The molecule has 2 amide bonds. The molecule has 0 aliphatic rings. The van der Waals surface area contributed by atoms with Crippen LogP contribution in [0.1, 0.15) is 21.6 Å². The Morgan fingerprint density at radius 1 is 0.927 bits per heavy atom. The number of ether oxygens (including phenoxy) is 1. The number of amides is 2. The molecule has 0 radical (unpaired) electrons. The zero-order chi connectivity index (χ0) is 29.0. The molecule has 0 aliphatic carbocycles. The zero-order valence-corrected chi connectivity index (χ0v) is 21.6. The number of hydrogen-bond acceptors (Lipinski definition) is 5. The molecule has 0 aliphatic heterocycles. The number of rotatable bonds is 9. The lowest BCUT2D eigenvalue weighted by Crippen LogP contribution is -2.25. The Balaban J connectivity index is 1.41. The van der Waals surface area contributed by atoms with E-state index >= 15 is 0 Å². The minimum absolute atomic E-state index is 0.0151. The second kappa shape index (κ2) is 11.5. The fourth-order valence-electron chi connectivity index (χ4n) is 4.33.